The maximum atomic E-state index is 6.76. The Hall–Kier alpha value is -1.50. The van der Waals surface area contributed by atoms with Gasteiger partial charge in [-0.1, -0.05) is 66.2 Å². The molecule has 1 atom stereocenters. The Morgan fingerprint density at radius 2 is 1.43 bits per heavy atom. The van der Waals surface area contributed by atoms with Gasteiger partial charge in [-0.15, -0.1) is 11.6 Å². The van der Waals surface area contributed by atoms with Gasteiger partial charge in [0.1, 0.15) is 0 Å². The van der Waals surface area contributed by atoms with Gasteiger partial charge in [-0.05, 0) is 46.9 Å². The van der Waals surface area contributed by atoms with Gasteiger partial charge in [0.2, 0.25) is 0 Å². The molecule has 0 aliphatic rings. The van der Waals surface area contributed by atoms with E-state index in [0.29, 0.717) is 0 Å². The summed E-state index contributed by atoms with van der Waals surface area (Å²) in [5.74, 6) is 0. The molecule has 3 aromatic carbocycles. The Kier molecular flexibility index (Phi) is 3.93. The molecule has 0 radical (unpaired) electrons. The molecule has 0 saturated heterocycles. The van der Waals surface area contributed by atoms with Crippen molar-refractivity contribution in [3.8, 4) is 0 Å². The molecule has 2 heteroatoms. The number of halogens is 2. The van der Waals surface area contributed by atoms with Crippen molar-refractivity contribution < 1.29 is 0 Å². The summed E-state index contributed by atoms with van der Waals surface area (Å²) in [6, 6.07) is 18.6. The Bertz CT molecular complexity index is 806. The first-order valence-electron chi connectivity index (χ1n) is 6.97. The summed E-state index contributed by atoms with van der Waals surface area (Å²) in [6.45, 7) is 4.12. The third kappa shape index (κ3) is 2.54. The molecule has 106 valence electrons. The Balaban J connectivity index is 2.21. The van der Waals surface area contributed by atoms with E-state index < -0.39 is 0 Å². The monoisotopic (exact) mass is 314 g/mol. The zero-order valence-electron chi connectivity index (χ0n) is 12.0. The van der Waals surface area contributed by atoms with Crippen LogP contribution in [0, 0.1) is 13.8 Å². The van der Waals surface area contributed by atoms with Crippen LogP contribution in [-0.2, 0) is 0 Å². The van der Waals surface area contributed by atoms with Gasteiger partial charge in [0, 0.05) is 5.02 Å². The largest absolute Gasteiger partial charge is 0.113 e. The van der Waals surface area contributed by atoms with Gasteiger partial charge in [0.15, 0.2) is 0 Å². The van der Waals surface area contributed by atoms with Crippen LogP contribution in [0.25, 0.3) is 10.8 Å². The van der Waals surface area contributed by atoms with Crippen LogP contribution in [0.5, 0.6) is 0 Å². The van der Waals surface area contributed by atoms with Crippen LogP contribution in [0.1, 0.15) is 27.6 Å². The third-order valence-corrected chi connectivity index (χ3v) is 4.93. The maximum absolute atomic E-state index is 6.76. The van der Waals surface area contributed by atoms with Crippen LogP contribution in [0.4, 0.5) is 0 Å². The molecule has 0 amide bonds. The summed E-state index contributed by atoms with van der Waals surface area (Å²) in [5, 5.41) is 2.93. The highest BCUT2D eigenvalue weighted by Crippen LogP contribution is 2.38. The zero-order chi connectivity index (χ0) is 15.0. The van der Waals surface area contributed by atoms with Crippen molar-refractivity contribution in [2.75, 3.05) is 0 Å². The van der Waals surface area contributed by atoms with Crippen molar-refractivity contribution >= 4 is 34.0 Å². The number of rotatable bonds is 2. The second-order valence-electron chi connectivity index (χ2n) is 5.36. The van der Waals surface area contributed by atoms with Crippen molar-refractivity contribution in [3.05, 3.63) is 81.9 Å². The van der Waals surface area contributed by atoms with E-state index in [4.69, 9.17) is 23.2 Å². The molecule has 3 rings (SSSR count). The molecular weight excluding hydrogens is 299 g/mol. The molecule has 0 aromatic heterocycles. The van der Waals surface area contributed by atoms with E-state index in [2.05, 4.69) is 37.3 Å². The van der Waals surface area contributed by atoms with Crippen LogP contribution >= 0.6 is 23.2 Å². The lowest BCUT2D eigenvalue weighted by molar-refractivity contribution is 1.15. The fraction of sp³-hybridized carbons (Fsp3) is 0.158. The van der Waals surface area contributed by atoms with Crippen LogP contribution < -0.4 is 0 Å². The normalized spacial score (nSPS) is 12.6. The van der Waals surface area contributed by atoms with Gasteiger partial charge in [-0.2, -0.15) is 0 Å². The summed E-state index contributed by atoms with van der Waals surface area (Å²) in [5.41, 5.74) is 4.38. The molecular formula is C19H16Cl2. The Morgan fingerprint density at radius 1 is 0.714 bits per heavy atom. The van der Waals surface area contributed by atoms with E-state index in [-0.39, 0.29) is 5.38 Å². The third-order valence-electron chi connectivity index (χ3n) is 3.94. The number of alkyl halides is 1. The first-order chi connectivity index (χ1) is 10.1. The molecule has 3 aromatic rings. The average Bonchev–Trinajstić information content (AvgIpc) is 2.50. The van der Waals surface area contributed by atoms with E-state index in [1.807, 2.05) is 31.2 Å². The molecule has 0 aliphatic carbocycles. The molecule has 0 N–H and O–H groups in total. The minimum Gasteiger partial charge on any atom is -0.113 e. The summed E-state index contributed by atoms with van der Waals surface area (Å²) in [4.78, 5) is 0. The molecule has 0 aliphatic heterocycles. The minimum absolute atomic E-state index is 0.247. The number of benzene rings is 3. The van der Waals surface area contributed by atoms with Gasteiger partial charge >= 0.3 is 0 Å². The number of fused-ring (bicyclic) bond motifs is 1. The Labute approximate surface area is 135 Å². The van der Waals surface area contributed by atoms with E-state index in [0.717, 1.165) is 21.7 Å². The van der Waals surface area contributed by atoms with E-state index in [1.165, 1.54) is 16.3 Å². The topological polar surface area (TPSA) is 0 Å². The second-order valence-corrected chi connectivity index (χ2v) is 6.17. The lowest BCUT2D eigenvalue weighted by Crippen LogP contribution is -1.97. The first-order valence-corrected chi connectivity index (χ1v) is 7.78. The fourth-order valence-corrected chi connectivity index (χ4v) is 3.39. The number of hydrogen-bond donors (Lipinski definition) is 0. The van der Waals surface area contributed by atoms with E-state index >= 15 is 0 Å². The highest BCUT2D eigenvalue weighted by Gasteiger charge is 2.17. The summed E-state index contributed by atoms with van der Waals surface area (Å²) >= 11 is 13.2. The average molecular weight is 315 g/mol. The number of aryl methyl sites for hydroxylation is 2. The Morgan fingerprint density at radius 3 is 2.19 bits per heavy atom. The van der Waals surface area contributed by atoms with Crippen LogP contribution in [-0.4, -0.2) is 0 Å². The maximum Gasteiger partial charge on any atom is 0.0855 e. The van der Waals surface area contributed by atoms with Gasteiger partial charge < -0.3 is 0 Å². The number of hydrogen-bond acceptors (Lipinski definition) is 0. The van der Waals surface area contributed by atoms with Crippen molar-refractivity contribution in [1.82, 2.24) is 0 Å². The molecule has 0 nitrogen and oxygen atoms in total. The van der Waals surface area contributed by atoms with Crippen molar-refractivity contribution in [3.63, 3.8) is 0 Å². The second kappa shape index (κ2) is 5.71. The van der Waals surface area contributed by atoms with Crippen molar-refractivity contribution in [1.29, 1.82) is 0 Å². The van der Waals surface area contributed by atoms with Crippen molar-refractivity contribution in [2.45, 2.75) is 19.2 Å². The standard InChI is InChI=1S/C19H16Cl2/c1-12-10-11-16(15-8-4-3-7-14(12)15)19(21)17-9-5-6-13(2)18(17)20/h3-11,19H,1-2H3. The van der Waals surface area contributed by atoms with Crippen LogP contribution in [0.2, 0.25) is 5.02 Å². The summed E-state index contributed by atoms with van der Waals surface area (Å²) in [7, 11) is 0. The highest BCUT2D eigenvalue weighted by atomic mass is 35.5. The molecule has 0 heterocycles. The fourth-order valence-electron chi connectivity index (χ4n) is 2.73. The molecule has 0 saturated carbocycles. The smallest absolute Gasteiger partial charge is 0.0855 e. The minimum atomic E-state index is -0.247. The summed E-state index contributed by atoms with van der Waals surface area (Å²) in [6.07, 6.45) is 0. The molecule has 0 fully saturated rings. The van der Waals surface area contributed by atoms with Crippen LogP contribution in [0.15, 0.2) is 54.6 Å². The van der Waals surface area contributed by atoms with Crippen molar-refractivity contribution in [2.24, 2.45) is 0 Å². The van der Waals surface area contributed by atoms with Gasteiger partial charge in [-0.3, -0.25) is 0 Å². The first kappa shape index (κ1) is 14.4. The predicted octanol–water partition coefficient (Wildman–Crippen LogP) is 6.44. The van der Waals surface area contributed by atoms with E-state index in [1.54, 1.807) is 0 Å². The van der Waals surface area contributed by atoms with E-state index in [9.17, 15) is 0 Å². The van der Waals surface area contributed by atoms with Gasteiger partial charge in [0.25, 0.3) is 0 Å². The van der Waals surface area contributed by atoms with Crippen LogP contribution in [0.3, 0.4) is 0 Å². The van der Waals surface area contributed by atoms with Gasteiger partial charge in [0.05, 0.1) is 5.38 Å². The molecule has 1 unspecified atom stereocenters. The highest BCUT2D eigenvalue weighted by molar-refractivity contribution is 6.34. The summed E-state index contributed by atoms with van der Waals surface area (Å²) < 4.78 is 0. The molecule has 0 spiro atoms. The van der Waals surface area contributed by atoms with Gasteiger partial charge in [-0.25, -0.2) is 0 Å². The zero-order valence-corrected chi connectivity index (χ0v) is 13.5. The lowest BCUT2D eigenvalue weighted by Gasteiger charge is -2.16. The molecule has 0 bridgehead atoms. The quantitative estimate of drug-likeness (QED) is 0.477. The SMILES string of the molecule is Cc1cccc(C(Cl)c2ccc(C)c3ccccc23)c1Cl. The molecule has 21 heavy (non-hydrogen) atoms. The predicted molar refractivity (Wildman–Crippen MR) is 92.6 cm³/mol. The lowest BCUT2D eigenvalue weighted by atomic mass is 9.95.